The zero-order chi connectivity index (χ0) is 21.7. The van der Waals surface area contributed by atoms with Crippen molar-refractivity contribution in [2.24, 2.45) is 5.73 Å². The van der Waals surface area contributed by atoms with Crippen LogP contribution in [0.5, 0.6) is 0 Å². The highest BCUT2D eigenvalue weighted by Crippen LogP contribution is 2.24. The summed E-state index contributed by atoms with van der Waals surface area (Å²) in [4.78, 5) is 23.7. The first-order chi connectivity index (χ1) is 14.3. The van der Waals surface area contributed by atoms with Crippen LogP contribution in [0.4, 0.5) is 15.8 Å². The summed E-state index contributed by atoms with van der Waals surface area (Å²) >= 11 is 0. The zero-order valence-electron chi connectivity index (χ0n) is 15.7. The summed E-state index contributed by atoms with van der Waals surface area (Å²) in [5.74, 6) is -1.76. The molecule has 0 aliphatic carbocycles. The van der Waals surface area contributed by atoms with Crippen molar-refractivity contribution in [3.8, 4) is 0 Å². The zero-order valence-corrected chi connectivity index (χ0v) is 16.5. The smallest absolute Gasteiger partial charge is 0.264 e. The van der Waals surface area contributed by atoms with Crippen LogP contribution >= 0.6 is 0 Å². The van der Waals surface area contributed by atoms with E-state index in [2.05, 4.69) is 5.32 Å². The van der Waals surface area contributed by atoms with Crippen LogP contribution in [0, 0.1) is 5.82 Å². The van der Waals surface area contributed by atoms with Gasteiger partial charge < -0.3 is 11.1 Å². The fraction of sp³-hybridized carbons (Fsp3) is 0.0476. The molecule has 30 heavy (non-hydrogen) atoms. The van der Waals surface area contributed by atoms with E-state index >= 15 is 0 Å². The number of sulfonamides is 1. The van der Waals surface area contributed by atoms with Gasteiger partial charge in [-0.2, -0.15) is 0 Å². The SMILES string of the molecule is NC(=O)c1ccc(NC(=O)CN(c2ccc(F)cc2)S(=O)(=O)c2ccccc2)cc1. The number of anilines is 2. The molecule has 0 saturated carbocycles. The number of halogens is 1. The van der Waals surface area contributed by atoms with Crippen molar-refractivity contribution in [3.05, 3.63) is 90.2 Å². The summed E-state index contributed by atoms with van der Waals surface area (Å²) in [5.41, 5.74) is 5.95. The van der Waals surface area contributed by atoms with Crippen molar-refractivity contribution in [1.82, 2.24) is 0 Å². The average Bonchev–Trinajstić information content (AvgIpc) is 2.74. The number of primary amides is 1. The fourth-order valence-electron chi connectivity index (χ4n) is 2.69. The molecular formula is C21H18FN3O4S. The molecule has 0 aliphatic heterocycles. The number of hydrogen-bond acceptors (Lipinski definition) is 4. The number of benzene rings is 3. The highest BCUT2D eigenvalue weighted by atomic mass is 32.2. The molecule has 7 nitrogen and oxygen atoms in total. The second-order valence-corrected chi connectivity index (χ2v) is 8.15. The summed E-state index contributed by atoms with van der Waals surface area (Å²) in [6, 6.07) is 18.3. The molecule has 3 aromatic rings. The molecule has 0 aromatic heterocycles. The summed E-state index contributed by atoms with van der Waals surface area (Å²) in [7, 11) is -4.08. The Balaban J connectivity index is 1.88. The lowest BCUT2D eigenvalue weighted by atomic mass is 10.2. The van der Waals surface area contributed by atoms with Crippen LogP contribution in [-0.2, 0) is 14.8 Å². The van der Waals surface area contributed by atoms with Gasteiger partial charge in [0.05, 0.1) is 10.6 Å². The van der Waals surface area contributed by atoms with Crippen LogP contribution in [0.25, 0.3) is 0 Å². The minimum absolute atomic E-state index is 0.00654. The third-order valence-corrected chi connectivity index (χ3v) is 5.97. The van der Waals surface area contributed by atoms with Gasteiger partial charge in [-0.25, -0.2) is 12.8 Å². The molecule has 3 N–H and O–H groups in total. The van der Waals surface area contributed by atoms with Crippen molar-refractivity contribution >= 4 is 33.2 Å². The topological polar surface area (TPSA) is 110 Å². The van der Waals surface area contributed by atoms with Crippen molar-refractivity contribution < 1.29 is 22.4 Å². The van der Waals surface area contributed by atoms with E-state index < -0.39 is 34.2 Å². The second kappa shape index (κ2) is 8.75. The Labute approximate surface area is 173 Å². The molecule has 0 fully saturated rings. The molecule has 0 bridgehead atoms. The summed E-state index contributed by atoms with van der Waals surface area (Å²) in [6.07, 6.45) is 0. The lowest BCUT2D eigenvalue weighted by molar-refractivity contribution is -0.114. The highest BCUT2D eigenvalue weighted by molar-refractivity contribution is 7.92. The van der Waals surface area contributed by atoms with Gasteiger partial charge in [-0.3, -0.25) is 13.9 Å². The first-order valence-electron chi connectivity index (χ1n) is 8.80. The maximum atomic E-state index is 13.3. The molecule has 154 valence electrons. The Bertz CT molecular complexity index is 1150. The standard InChI is InChI=1S/C21H18FN3O4S/c22-16-8-12-18(13-9-16)25(30(28,29)19-4-2-1-3-5-19)14-20(26)24-17-10-6-15(7-11-17)21(23)27/h1-13H,14H2,(H2,23,27)(H,24,26). The first-order valence-corrected chi connectivity index (χ1v) is 10.2. The molecule has 0 radical (unpaired) electrons. The number of amides is 2. The molecule has 0 heterocycles. The second-order valence-electron chi connectivity index (χ2n) is 6.29. The maximum absolute atomic E-state index is 13.3. The van der Waals surface area contributed by atoms with E-state index in [-0.39, 0.29) is 16.1 Å². The quantitative estimate of drug-likeness (QED) is 0.604. The first kappa shape index (κ1) is 21.0. The normalized spacial score (nSPS) is 11.0. The van der Waals surface area contributed by atoms with E-state index in [1.165, 1.54) is 48.5 Å². The van der Waals surface area contributed by atoms with Crippen molar-refractivity contribution in [2.75, 3.05) is 16.2 Å². The van der Waals surface area contributed by atoms with E-state index in [4.69, 9.17) is 5.73 Å². The van der Waals surface area contributed by atoms with Crippen LogP contribution in [0.1, 0.15) is 10.4 Å². The summed E-state index contributed by atoms with van der Waals surface area (Å²) in [5, 5.41) is 2.57. The third kappa shape index (κ3) is 4.81. The van der Waals surface area contributed by atoms with E-state index in [0.717, 1.165) is 16.4 Å². The molecular weight excluding hydrogens is 409 g/mol. The van der Waals surface area contributed by atoms with Gasteiger partial charge in [0.25, 0.3) is 10.0 Å². The van der Waals surface area contributed by atoms with Gasteiger partial charge in [0.2, 0.25) is 11.8 Å². The lowest BCUT2D eigenvalue weighted by Crippen LogP contribution is -2.38. The van der Waals surface area contributed by atoms with Gasteiger partial charge in [-0.05, 0) is 60.7 Å². The van der Waals surface area contributed by atoms with E-state index in [0.29, 0.717) is 5.69 Å². The average molecular weight is 427 g/mol. The molecule has 0 spiro atoms. The van der Waals surface area contributed by atoms with Gasteiger partial charge >= 0.3 is 0 Å². The van der Waals surface area contributed by atoms with Crippen molar-refractivity contribution in [2.45, 2.75) is 4.90 Å². The van der Waals surface area contributed by atoms with Crippen LogP contribution < -0.4 is 15.4 Å². The van der Waals surface area contributed by atoms with Crippen LogP contribution in [0.15, 0.2) is 83.8 Å². The Morgan fingerprint density at radius 3 is 2.07 bits per heavy atom. The Morgan fingerprint density at radius 2 is 1.50 bits per heavy atom. The Kier molecular flexibility index (Phi) is 6.12. The van der Waals surface area contributed by atoms with Crippen molar-refractivity contribution in [3.63, 3.8) is 0 Å². The summed E-state index contributed by atoms with van der Waals surface area (Å²) < 4.78 is 40.5. The van der Waals surface area contributed by atoms with Gasteiger partial charge in [-0.1, -0.05) is 18.2 Å². The maximum Gasteiger partial charge on any atom is 0.264 e. The van der Waals surface area contributed by atoms with Crippen LogP contribution in [0.2, 0.25) is 0 Å². The van der Waals surface area contributed by atoms with Gasteiger partial charge in [0, 0.05) is 11.3 Å². The molecule has 3 rings (SSSR count). The number of nitrogens with two attached hydrogens (primary N) is 1. The molecule has 0 unspecified atom stereocenters. The Morgan fingerprint density at radius 1 is 0.900 bits per heavy atom. The number of nitrogens with one attached hydrogen (secondary N) is 1. The van der Waals surface area contributed by atoms with E-state index in [1.807, 2.05) is 0 Å². The monoisotopic (exact) mass is 427 g/mol. The number of rotatable bonds is 7. The largest absolute Gasteiger partial charge is 0.366 e. The highest BCUT2D eigenvalue weighted by Gasteiger charge is 2.27. The van der Waals surface area contributed by atoms with Crippen LogP contribution in [-0.4, -0.2) is 26.8 Å². The number of carbonyl (C=O) groups excluding carboxylic acids is 2. The van der Waals surface area contributed by atoms with Gasteiger partial charge in [0.1, 0.15) is 12.4 Å². The molecule has 0 aliphatic rings. The fourth-order valence-corrected chi connectivity index (χ4v) is 4.13. The lowest BCUT2D eigenvalue weighted by Gasteiger charge is -2.24. The van der Waals surface area contributed by atoms with Gasteiger partial charge in [0.15, 0.2) is 0 Å². The van der Waals surface area contributed by atoms with Crippen molar-refractivity contribution in [1.29, 1.82) is 0 Å². The minimum Gasteiger partial charge on any atom is -0.366 e. The summed E-state index contributed by atoms with van der Waals surface area (Å²) in [6.45, 7) is -0.541. The molecule has 3 aromatic carbocycles. The number of nitrogens with zero attached hydrogens (tertiary/aromatic N) is 1. The van der Waals surface area contributed by atoms with Gasteiger partial charge in [-0.15, -0.1) is 0 Å². The predicted octanol–water partition coefficient (Wildman–Crippen LogP) is 2.76. The van der Waals surface area contributed by atoms with E-state index in [1.54, 1.807) is 18.2 Å². The number of carbonyl (C=O) groups is 2. The van der Waals surface area contributed by atoms with Crippen LogP contribution in [0.3, 0.4) is 0 Å². The molecule has 9 heteroatoms. The molecule has 0 atom stereocenters. The third-order valence-electron chi connectivity index (χ3n) is 4.19. The number of hydrogen-bond donors (Lipinski definition) is 2. The molecule has 2 amide bonds. The van der Waals surface area contributed by atoms with E-state index in [9.17, 15) is 22.4 Å². The Hall–Kier alpha value is -3.72. The minimum atomic E-state index is -4.08. The molecule has 0 saturated heterocycles. The predicted molar refractivity (Wildman–Crippen MR) is 111 cm³/mol.